The normalized spacial score (nSPS) is 10.9. The lowest BCUT2D eigenvalue weighted by molar-refractivity contribution is 0.0699. The SMILES string of the molecule is O=C(O)c1cccc2nc3ccccc3nc12.Oc1ccc2nc3ccccc3nc2c1. The predicted octanol–water partition coefficient (Wildman–Crippen LogP) is 4.97. The van der Waals surface area contributed by atoms with Crippen LogP contribution in [0.2, 0.25) is 0 Å². The summed E-state index contributed by atoms with van der Waals surface area (Å²) in [6, 6.07) is 25.1. The van der Waals surface area contributed by atoms with Gasteiger partial charge in [0.2, 0.25) is 0 Å². The molecule has 2 N–H and O–H groups in total. The molecule has 0 amide bonds. The second kappa shape index (κ2) is 7.88. The van der Waals surface area contributed by atoms with Gasteiger partial charge in [-0.3, -0.25) is 0 Å². The second-order valence-electron chi connectivity index (χ2n) is 7.08. The summed E-state index contributed by atoms with van der Waals surface area (Å²) in [4.78, 5) is 28.7. The lowest BCUT2D eigenvalue weighted by atomic mass is 10.1. The van der Waals surface area contributed by atoms with Gasteiger partial charge >= 0.3 is 5.97 Å². The zero-order chi connectivity index (χ0) is 22.1. The molecular formula is C25H16N4O3. The molecule has 0 unspecified atom stereocenters. The molecule has 7 nitrogen and oxygen atoms in total. The minimum absolute atomic E-state index is 0.181. The van der Waals surface area contributed by atoms with E-state index < -0.39 is 5.97 Å². The highest BCUT2D eigenvalue weighted by atomic mass is 16.4. The van der Waals surface area contributed by atoms with Crippen LogP contribution in [0.25, 0.3) is 44.1 Å². The first kappa shape index (κ1) is 19.3. The van der Waals surface area contributed by atoms with Crippen molar-refractivity contribution in [3.63, 3.8) is 0 Å². The molecule has 2 aromatic heterocycles. The largest absolute Gasteiger partial charge is 0.508 e. The van der Waals surface area contributed by atoms with Crippen molar-refractivity contribution in [2.24, 2.45) is 0 Å². The second-order valence-corrected chi connectivity index (χ2v) is 7.08. The summed E-state index contributed by atoms with van der Waals surface area (Å²) < 4.78 is 0. The molecule has 0 radical (unpaired) electrons. The Balaban J connectivity index is 0.000000136. The van der Waals surface area contributed by atoms with E-state index in [1.807, 2.05) is 48.5 Å². The van der Waals surface area contributed by atoms with Gasteiger partial charge in [0.1, 0.15) is 11.3 Å². The highest BCUT2D eigenvalue weighted by Crippen LogP contribution is 2.20. The van der Waals surface area contributed by atoms with Crippen LogP contribution in [-0.2, 0) is 0 Å². The van der Waals surface area contributed by atoms with E-state index in [1.54, 1.807) is 30.3 Å². The lowest BCUT2D eigenvalue weighted by Gasteiger charge is -2.03. The minimum Gasteiger partial charge on any atom is -0.508 e. The Morgan fingerprint density at radius 3 is 1.69 bits per heavy atom. The molecule has 6 aromatic rings. The van der Waals surface area contributed by atoms with Crippen molar-refractivity contribution in [1.29, 1.82) is 0 Å². The number of nitrogens with zero attached hydrogens (tertiary/aromatic N) is 4. The van der Waals surface area contributed by atoms with Crippen LogP contribution in [-0.4, -0.2) is 36.1 Å². The lowest BCUT2D eigenvalue weighted by Crippen LogP contribution is -1.99. The van der Waals surface area contributed by atoms with Crippen molar-refractivity contribution in [3.8, 4) is 5.75 Å². The average molecular weight is 420 g/mol. The Kier molecular flexibility index (Phi) is 4.76. The number of fused-ring (bicyclic) bond motifs is 4. The van der Waals surface area contributed by atoms with Crippen molar-refractivity contribution in [2.45, 2.75) is 0 Å². The Bertz CT molecular complexity index is 1630. The Morgan fingerprint density at radius 1 is 0.562 bits per heavy atom. The van der Waals surface area contributed by atoms with Gasteiger partial charge in [-0.25, -0.2) is 24.7 Å². The standard InChI is InChI=1S/C13H8N2O2.C12H8N2O/c16-13(17)8-4-3-7-11-12(8)15-10-6-2-1-5-9(10)14-11;15-8-5-6-11-12(7-8)14-10-4-2-1-3-9(10)13-11/h1-7H,(H,16,17);1-7,15H. The molecular weight excluding hydrogens is 404 g/mol. The maximum Gasteiger partial charge on any atom is 0.337 e. The van der Waals surface area contributed by atoms with Gasteiger partial charge in [0.15, 0.2) is 0 Å². The molecule has 4 aromatic carbocycles. The molecule has 154 valence electrons. The maximum absolute atomic E-state index is 11.1. The summed E-state index contributed by atoms with van der Waals surface area (Å²) in [5, 5.41) is 18.4. The van der Waals surface area contributed by atoms with Crippen LogP contribution in [0.1, 0.15) is 10.4 Å². The van der Waals surface area contributed by atoms with E-state index in [0.29, 0.717) is 22.1 Å². The number of rotatable bonds is 1. The molecule has 0 aliphatic heterocycles. The highest BCUT2D eigenvalue weighted by molar-refractivity contribution is 6.02. The summed E-state index contributed by atoms with van der Waals surface area (Å²) in [5.74, 6) is -0.771. The van der Waals surface area contributed by atoms with E-state index in [-0.39, 0.29) is 11.3 Å². The Labute approximate surface area is 181 Å². The first-order chi connectivity index (χ1) is 15.6. The Hall–Kier alpha value is -4.65. The van der Waals surface area contributed by atoms with Crippen molar-refractivity contribution < 1.29 is 15.0 Å². The zero-order valence-corrected chi connectivity index (χ0v) is 16.7. The molecule has 0 saturated carbocycles. The van der Waals surface area contributed by atoms with Crippen LogP contribution in [0.4, 0.5) is 0 Å². The minimum atomic E-state index is -0.986. The average Bonchev–Trinajstić information content (AvgIpc) is 2.81. The van der Waals surface area contributed by atoms with E-state index in [2.05, 4.69) is 19.9 Å². The van der Waals surface area contributed by atoms with E-state index >= 15 is 0 Å². The zero-order valence-electron chi connectivity index (χ0n) is 16.7. The number of hydrogen-bond donors (Lipinski definition) is 2. The van der Waals surface area contributed by atoms with Crippen molar-refractivity contribution in [3.05, 3.63) is 90.5 Å². The number of carboxylic acid groups (broad SMARTS) is 1. The van der Waals surface area contributed by atoms with E-state index in [1.165, 1.54) is 6.07 Å². The molecule has 0 bridgehead atoms. The number of aromatic nitrogens is 4. The molecule has 0 aliphatic carbocycles. The first-order valence-electron chi connectivity index (χ1n) is 9.83. The van der Waals surface area contributed by atoms with Gasteiger partial charge in [-0.05, 0) is 48.5 Å². The van der Waals surface area contributed by atoms with Crippen molar-refractivity contribution in [1.82, 2.24) is 19.9 Å². The predicted molar refractivity (Wildman–Crippen MR) is 123 cm³/mol. The summed E-state index contributed by atoms with van der Waals surface area (Å²) in [5.41, 5.74) is 5.91. The third-order valence-electron chi connectivity index (χ3n) is 4.92. The van der Waals surface area contributed by atoms with Crippen LogP contribution in [0.3, 0.4) is 0 Å². The summed E-state index contributed by atoms with van der Waals surface area (Å²) in [6.45, 7) is 0. The number of carbonyl (C=O) groups is 1. The summed E-state index contributed by atoms with van der Waals surface area (Å²) >= 11 is 0. The molecule has 7 heteroatoms. The van der Waals surface area contributed by atoms with Gasteiger partial charge < -0.3 is 10.2 Å². The van der Waals surface area contributed by atoms with Crippen LogP contribution < -0.4 is 0 Å². The molecule has 0 saturated heterocycles. The van der Waals surface area contributed by atoms with Gasteiger partial charge in [0.25, 0.3) is 0 Å². The van der Waals surface area contributed by atoms with E-state index in [9.17, 15) is 9.90 Å². The number of hydrogen-bond acceptors (Lipinski definition) is 6. The van der Waals surface area contributed by atoms with Crippen molar-refractivity contribution in [2.75, 3.05) is 0 Å². The van der Waals surface area contributed by atoms with E-state index in [0.717, 1.165) is 22.1 Å². The number of carboxylic acids is 1. The molecule has 0 spiro atoms. The number of aromatic carboxylic acids is 1. The number of para-hydroxylation sites is 5. The topological polar surface area (TPSA) is 109 Å². The summed E-state index contributed by atoms with van der Waals surface area (Å²) in [7, 11) is 0. The van der Waals surface area contributed by atoms with Crippen LogP contribution >= 0.6 is 0 Å². The fourth-order valence-electron chi connectivity index (χ4n) is 3.42. The molecule has 0 atom stereocenters. The maximum atomic E-state index is 11.1. The molecule has 0 aliphatic rings. The number of phenolic OH excluding ortho intramolecular Hbond substituents is 1. The monoisotopic (exact) mass is 420 g/mol. The molecule has 0 fully saturated rings. The molecule has 6 rings (SSSR count). The highest BCUT2D eigenvalue weighted by Gasteiger charge is 2.10. The smallest absolute Gasteiger partial charge is 0.337 e. The fourth-order valence-corrected chi connectivity index (χ4v) is 3.42. The third-order valence-corrected chi connectivity index (χ3v) is 4.92. The molecule has 2 heterocycles. The van der Waals surface area contributed by atoms with Crippen LogP contribution in [0, 0.1) is 0 Å². The number of benzene rings is 4. The quantitative estimate of drug-likeness (QED) is 0.361. The van der Waals surface area contributed by atoms with Gasteiger partial charge in [0, 0.05) is 6.07 Å². The van der Waals surface area contributed by atoms with Gasteiger partial charge in [-0.2, -0.15) is 0 Å². The Morgan fingerprint density at radius 2 is 1.06 bits per heavy atom. The van der Waals surface area contributed by atoms with Crippen LogP contribution in [0.15, 0.2) is 84.9 Å². The third kappa shape index (κ3) is 3.63. The molecule has 32 heavy (non-hydrogen) atoms. The van der Waals surface area contributed by atoms with Gasteiger partial charge in [-0.15, -0.1) is 0 Å². The van der Waals surface area contributed by atoms with Gasteiger partial charge in [-0.1, -0.05) is 30.3 Å². The van der Waals surface area contributed by atoms with Gasteiger partial charge in [0.05, 0.1) is 44.2 Å². The summed E-state index contributed by atoms with van der Waals surface area (Å²) in [6.07, 6.45) is 0. The number of aromatic hydroxyl groups is 1. The van der Waals surface area contributed by atoms with Crippen molar-refractivity contribution >= 4 is 50.1 Å². The van der Waals surface area contributed by atoms with E-state index in [4.69, 9.17) is 5.11 Å². The van der Waals surface area contributed by atoms with Crippen LogP contribution in [0.5, 0.6) is 5.75 Å². The fraction of sp³-hybridized carbons (Fsp3) is 0. The number of phenols is 1. The first-order valence-corrected chi connectivity index (χ1v) is 9.83.